The van der Waals surface area contributed by atoms with Crippen molar-refractivity contribution in [1.82, 2.24) is 14.8 Å². The van der Waals surface area contributed by atoms with Crippen LogP contribution >= 0.6 is 15.9 Å². The molecule has 1 heterocycles. The minimum absolute atomic E-state index is 0.121. The Kier molecular flexibility index (Phi) is 5.74. The molecular weight excluding hydrogens is 452 g/mol. The fourth-order valence-electron chi connectivity index (χ4n) is 3.36. The molecule has 0 saturated carbocycles. The molecular formula is C25H23BrN4O. The van der Waals surface area contributed by atoms with E-state index in [2.05, 4.69) is 51.2 Å². The van der Waals surface area contributed by atoms with Crippen molar-refractivity contribution in [2.75, 3.05) is 5.32 Å². The average molecular weight is 475 g/mol. The summed E-state index contributed by atoms with van der Waals surface area (Å²) in [6, 6.07) is 19.8. The Morgan fingerprint density at radius 2 is 1.61 bits per heavy atom. The van der Waals surface area contributed by atoms with Crippen LogP contribution in [-0.2, 0) is 0 Å². The number of anilines is 1. The molecule has 0 spiro atoms. The summed E-state index contributed by atoms with van der Waals surface area (Å²) >= 11 is 3.47. The van der Waals surface area contributed by atoms with Crippen molar-refractivity contribution in [3.63, 3.8) is 0 Å². The number of nitrogens with one attached hydrogen (secondary N) is 1. The Labute approximate surface area is 190 Å². The number of halogens is 1. The zero-order valence-corrected chi connectivity index (χ0v) is 19.5. The van der Waals surface area contributed by atoms with Crippen molar-refractivity contribution < 1.29 is 4.79 Å². The maximum atomic E-state index is 13.0. The lowest BCUT2D eigenvalue weighted by Crippen LogP contribution is -2.15. The predicted molar refractivity (Wildman–Crippen MR) is 128 cm³/mol. The molecule has 0 saturated heterocycles. The van der Waals surface area contributed by atoms with Gasteiger partial charge in [-0.15, -0.1) is 5.10 Å². The van der Waals surface area contributed by atoms with Gasteiger partial charge in [-0.25, -0.2) is 9.67 Å². The fourth-order valence-corrected chi connectivity index (χ4v) is 3.63. The molecule has 1 amide bonds. The highest BCUT2D eigenvalue weighted by molar-refractivity contribution is 9.10. The SMILES string of the molecule is Cc1ccc(NC(=O)c2nc(-c3ccc(Br)cc3)n(-c3ccc(C)c(C)c3)n2)c(C)c1. The molecule has 5 nitrogen and oxygen atoms in total. The number of carbonyl (C=O) groups is 1. The van der Waals surface area contributed by atoms with E-state index in [1.54, 1.807) is 4.68 Å². The summed E-state index contributed by atoms with van der Waals surface area (Å²) < 4.78 is 2.70. The van der Waals surface area contributed by atoms with Crippen LogP contribution in [0.25, 0.3) is 17.1 Å². The molecule has 0 aliphatic rings. The quantitative estimate of drug-likeness (QED) is 0.383. The summed E-state index contributed by atoms with van der Waals surface area (Å²) in [4.78, 5) is 17.6. The van der Waals surface area contributed by atoms with Gasteiger partial charge in [-0.1, -0.05) is 51.8 Å². The number of benzene rings is 3. The van der Waals surface area contributed by atoms with Crippen molar-refractivity contribution in [2.24, 2.45) is 0 Å². The van der Waals surface area contributed by atoms with Gasteiger partial charge >= 0.3 is 0 Å². The van der Waals surface area contributed by atoms with E-state index in [-0.39, 0.29) is 11.7 Å². The summed E-state index contributed by atoms with van der Waals surface area (Å²) in [5, 5.41) is 7.52. The third-order valence-corrected chi connectivity index (χ3v) is 5.81. The van der Waals surface area contributed by atoms with Gasteiger partial charge in [-0.2, -0.15) is 0 Å². The van der Waals surface area contributed by atoms with Crippen LogP contribution in [0.5, 0.6) is 0 Å². The van der Waals surface area contributed by atoms with Crippen LogP contribution in [0.3, 0.4) is 0 Å². The molecule has 0 radical (unpaired) electrons. The Balaban J connectivity index is 1.77. The van der Waals surface area contributed by atoms with Crippen molar-refractivity contribution in [2.45, 2.75) is 27.7 Å². The van der Waals surface area contributed by atoms with Crippen LogP contribution in [0.1, 0.15) is 32.9 Å². The molecule has 6 heteroatoms. The second-order valence-electron chi connectivity index (χ2n) is 7.72. The summed E-state index contributed by atoms with van der Waals surface area (Å²) in [5.41, 5.74) is 6.97. The fraction of sp³-hybridized carbons (Fsp3) is 0.160. The van der Waals surface area contributed by atoms with Crippen LogP contribution in [0.4, 0.5) is 5.69 Å². The first-order chi connectivity index (χ1) is 14.8. The molecule has 0 fully saturated rings. The lowest BCUT2D eigenvalue weighted by Gasteiger charge is -2.08. The molecule has 0 bridgehead atoms. The van der Waals surface area contributed by atoms with Crippen molar-refractivity contribution in [1.29, 1.82) is 0 Å². The molecule has 0 aliphatic heterocycles. The summed E-state index contributed by atoms with van der Waals surface area (Å²) in [7, 11) is 0. The lowest BCUT2D eigenvalue weighted by atomic mass is 10.1. The third-order valence-electron chi connectivity index (χ3n) is 5.28. The standard InChI is InChI=1S/C25H23BrN4O/c1-15-5-12-22(18(4)13-15)27-25(31)23-28-24(19-7-9-20(26)10-8-19)30(29-23)21-11-6-16(2)17(3)14-21/h5-14H,1-4H3,(H,27,31). The number of carbonyl (C=O) groups excluding carboxylic acids is 1. The number of nitrogens with zero attached hydrogens (tertiary/aromatic N) is 3. The third kappa shape index (κ3) is 4.44. The molecule has 0 unspecified atom stereocenters. The van der Waals surface area contributed by atoms with Gasteiger partial charge in [0.25, 0.3) is 5.91 Å². The Morgan fingerprint density at radius 3 is 2.29 bits per heavy atom. The van der Waals surface area contributed by atoms with Gasteiger partial charge in [0, 0.05) is 15.7 Å². The van der Waals surface area contributed by atoms with Gasteiger partial charge in [-0.3, -0.25) is 4.79 Å². The average Bonchev–Trinajstić information content (AvgIpc) is 3.18. The lowest BCUT2D eigenvalue weighted by molar-refractivity contribution is 0.101. The first-order valence-corrected chi connectivity index (χ1v) is 10.8. The van der Waals surface area contributed by atoms with Crippen LogP contribution in [-0.4, -0.2) is 20.7 Å². The molecule has 0 aliphatic carbocycles. The molecule has 4 aromatic rings. The highest BCUT2D eigenvalue weighted by atomic mass is 79.9. The van der Waals surface area contributed by atoms with Gasteiger partial charge in [-0.05, 0) is 74.7 Å². The van der Waals surface area contributed by atoms with E-state index in [9.17, 15) is 4.79 Å². The topological polar surface area (TPSA) is 59.8 Å². The van der Waals surface area contributed by atoms with Gasteiger partial charge in [0.15, 0.2) is 5.82 Å². The normalized spacial score (nSPS) is 10.9. The largest absolute Gasteiger partial charge is 0.319 e. The number of aromatic nitrogens is 3. The molecule has 3 aromatic carbocycles. The van der Waals surface area contributed by atoms with Gasteiger partial charge < -0.3 is 5.32 Å². The van der Waals surface area contributed by atoms with Crippen LogP contribution in [0.2, 0.25) is 0 Å². The van der Waals surface area contributed by atoms with Gasteiger partial charge in [0.1, 0.15) is 0 Å². The number of amides is 1. The van der Waals surface area contributed by atoms with E-state index in [1.165, 1.54) is 5.56 Å². The first kappa shape index (κ1) is 21.0. The molecule has 1 N–H and O–H groups in total. The summed E-state index contributed by atoms with van der Waals surface area (Å²) in [6.07, 6.45) is 0. The maximum absolute atomic E-state index is 13.0. The Morgan fingerprint density at radius 1 is 0.871 bits per heavy atom. The van der Waals surface area contributed by atoms with E-state index in [0.717, 1.165) is 38.1 Å². The number of aryl methyl sites for hydroxylation is 4. The Hall–Kier alpha value is -3.25. The number of hydrogen-bond acceptors (Lipinski definition) is 3. The van der Waals surface area contributed by atoms with Crippen molar-refractivity contribution in [3.8, 4) is 17.1 Å². The van der Waals surface area contributed by atoms with Crippen LogP contribution in [0.15, 0.2) is 65.1 Å². The second-order valence-corrected chi connectivity index (χ2v) is 8.63. The zero-order chi connectivity index (χ0) is 22.1. The predicted octanol–water partition coefficient (Wildman–Crippen LogP) is 6.18. The zero-order valence-electron chi connectivity index (χ0n) is 17.9. The van der Waals surface area contributed by atoms with Crippen molar-refractivity contribution in [3.05, 3.63) is 93.2 Å². The number of rotatable bonds is 4. The minimum atomic E-state index is -0.340. The monoisotopic (exact) mass is 474 g/mol. The van der Waals surface area contributed by atoms with Crippen molar-refractivity contribution >= 4 is 27.5 Å². The molecule has 4 rings (SSSR count). The summed E-state index contributed by atoms with van der Waals surface area (Å²) in [6.45, 7) is 8.12. The first-order valence-electron chi connectivity index (χ1n) is 10.0. The molecule has 156 valence electrons. The van der Waals surface area contributed by atoms with Gasteiger partial charge in [0.05, 0.1) is 5.69 Å². The highest BCUT2D eigenvalue weighted by Gasteiger charge is 2.20. The van der Waals surface area contributed by atoms with E-state index in [1.807, 2.05) is 68.4 Å². The van der Waals surface area contributed by atoms with E-state index < -0.39 is 0 Å². The van der Waals surface area contributed by atoms with E-state index in [0.29, 0.717) is 5.82 Å². The highest BCUT2D eigenvalue weighted by Crippen LogP contribution is 2.25. The molecule has 0 atom stereocenters. The van der Waals surface area contributed by atoms with Crippen LogP contribution < -0.4 is 5.32 Å². The van der Waals surface area contributed by atoms with Crippen LogP contribution in [0, 0.1) is 27.7 Å². The minimum Gasteiger partial charge on any atom is -0.319 e. The second kappa shape index (κ2) is 8.47. The maximum Gasteiger partial charge on any atom is 0.295 e. The number of hydrogen-bond donors (Lipinski definition) is 1. The van der Waals surface area contributed by atoms with Gasteiger partial charge in [0.2, 0.25) is 5.82 Å². The summed E-state index contributed by atoms with van der Waals surface area (Å²) in [5.74, 6) is 0.394. The smallest absolute Gasteiger partial charge is 0.295 e. The Bertz CT molecular complexity index is 1280. The van der Waals surface area contributed by atoms with E-state index >= 15 is 0 Å². The molecule has 31 heavy (non-hydrogen) atoms. The molecule has 1 aromatic heterocycles. The van der Waals surface area contributed by atoms with E-state index in [4.69, 9.17) is 0 Å².